The molecule has 1 aliphatic rings. The number of nitrogens with zero attached hydrogens (tertiary/aromatic N) is 2. The summed E-state index contributed by atoms with van der Waals surface area (Å²) in [4.78, 5) is 31.1. The maximum Gasteiger partial charge on any atom is 0.260 e. The highest BCUT2D eigenvalue weighted by Gasteiger charge is 2.29. The molecule has 2 aromatic carbocycles. The first-order chi connectivity index (χ1) is 15.2. The second kappa shape index (κ2) is 10.2. The second-order valence-electron chi connectivity index (χ2n) is 7.56. The fourth-order valence-corrected chi connectivity index (χ4v) is 4.28. The topological polar surface area (TPSA) is 71.5 Å². The van der Waals surface area contributed by atoms with Crippen LogP contribution < -0.4 is 10.1 Å². The highest BCUT2D eigenvalue weighted by Crippen LogP contribution is 2.23. The Bertz CT molecular complexity index is 1010. The summed E-state index contributed by atoms with van der Waals surface area (Å²) in [6, 6.07) is 18.0. The molecule has 2 heterocycles. The van der Waals surface area contributed by atoms with Crippen LogP contribution in [0.15, 0.2) is 66.2 Å². The van der Waals surface area contributed by atoms with Crippen LogP contribution in [-0.4, -0.2) is 41.4 Å². The van der Waals surface area contributed by atoms with Gasteiger partial charge in [0.1, 0.15) is 5.75 Å². The second-order valence-corrected chi connectivity index (χ2v) is 8.46. The monoisotopic (exact) mass is 435 g/mol. The molecule has 2 amide bonds. The van der Waals surface area contributed by atoms with Gasteiger partial charge in [-0.3, -0.25) is 9.59 Å². The van der Waals surface area contributed by atoms with Crippen LogP contribution in [0.2, 0.25) is 0 Å². The lowest BCUT2D eigenvalue weighted by Gasteiger charge is -2.31. The number of likely N-dealkylation sites (tertiary alicyclic amines) is 1. The highest BCUT2D eigenvalue weighted by atomic mass is 32.1. The summed E-state index contributed by atoms with van der Waals surface area (Å²) in [7, 11) is 0. The van der Waals surface area contributed by atoms with E-state index in [2.05, 4.69) is 22.4 Å². The van der Waals surface area contributed by atoms with E-state index in [9.17, 15) is 9.59 Å². The van der Waals surface area contributed by atoms with Gasteiger partial charge in [0.25, 0.3) is 5.91 Å². The van der Waals surface area contributed by atoms with E-state index in [4.69, 9.17) is 4.74 Å². The van der Waals surface area contributed by atoms with Gasteiger partial charge >= 0.3 is 0 Å². The third-order valence-corrected chi connectivity index (χ3v) is 6.06. The normalized spacial score (nSPS) is 16.0. The summed E-state index contributed by atoms with van der Waals surface area (Å²) in [5.74, 6) is 0.310. The lowest BCUT2D eigenvalue weighted by Crippen LogP contribution is -2.45. The molecular weight excluding hydrogens is 410 g/mol. The number of anilines is 1. The molecule has 0 aliphatic carbocycles. The van der Waals surface area contributed by atoms with Gasteiger partial charge in [-0.2, -0.15) is 0 Å². The van der Waals surface area contributed by atoms with E-state index in [1.807, 2.05) is 47.8 Å². The Morgan fingerprint density at radius 2 is 1.94 bits per heavy atom. The number of carbonyl (C=O) groups is 2. The van der Waals surface area contributed by atoms with E-state index in [1.165, 1.54) is 16.9 Å². The molecule has 31 heavy (non-hydrogen) atoms. The molecular formula is C24H25N3O3S. The predicted molar refractivity (Wildman–Crippen MR) is 121 cm³/mol. The molecule has 1 N–H and O–H groups in total. The molecule has 1 fully saturated rings. The van der Waals surface area contributed by atoms with Crippen LogP contribution in [0.25, 0.3) is 0 Å². The molecule has 4 rings (SSSR count). The van der Waals surface area contributed by atoms with Gasteiger partial charge < -0.3 is 15.0 Å². The van der Waals surface area contributed by atoms with Crippen molar-refractivity contribution in [1.82, 2.24) is 9.88 Å². The molecule has 1 atom stereocenters. The molecule has 1 unspecified atom stereocenters. The first-order valence-corrected chi connectivity index (χ1v) is 11.3. The van der Waals surface area contributed by atoms with Crippen molar-refractivity contribution in [2.75, 3.05) is 25.0 Å². The number of rotatable bonds is 7. The molecule has 0 bridgehead atoms. The Morgan fingerprint density at radius 3 is 2.74 bits per heavy atom. The standard InChI is InChI=1S/C24H25N3O3S/c28-22(27-13-6-10-20(16-27)23(29)26-24-25-12-14-31-24)17-30-21-11-5-4-9-19(21)15-18-7-2-1-3-8-18/h1-5,7-9,11-12,14,20H,6,10,13,15-17H2,(H,25,26,29). The van der Waals surface area contributed by atoms with Crippen LogP contribution in [0.5, 0.6) is 5.75 Å². The summed E-state index contributed by atoms with van der Waals surface area (Å²) >= 11 is 1.39. The van der Waals surface area contributed by atoms with Gasteiger partial charge in [0.05, 0.1) is 5.92 Å². The van der Waals surface area contributed by atoms with Crippen molar-refractivity contribution in [2.45, 2.75) is 19.3 Å². The van der Waals surface area contributed by atoms with Gasteiger partial charge in [-0.25, -0.2) is 4.98 Å². The quantitative estimate of drug-likeness (QED) is 0.609. The number of hydrogen-bond acceptors (Lipinski definition) is 5. The number of para-hydroxylation sites is 1. The minimum atomic E-state index is -0.230. The Labute approximate surface area is 185 Å². The highest BCUT2D eigenvalue weighted by molar-refractivity contribution is 7.13. The number of hydrogen-bond donors (Lipinski definition) is 1. The smallest absolute Gasteiger partial charge is 0.260 e. The summed E-state index contributed by atoms with van der Waals surface area (Å²) < 4.78 is 5.91. The SMILES string of the molecule is O=C(Nc1nccs1)C1CCCN(C(=O)COc2ccccc2Cc2ccccc2)C1. The van der Waals surface area contributed by atoms with Crippen molar-refractivity contribution in [1.29, 1.82) is 0 Å². The van der Waals surface area contributed by atoms with Crippen molar-refractivity contribution in [2.24, 2.45) is 5.92 Å². The number of carbonyl (C=O) groups excluding carboxylic acids is 2. The lowest BCUT2D eigenvalue weighted by atomic mass is 9.97. The van der Waals surface area contributed by atoms with E-state index >= 15 is 0 Å². The summed E-state index contributed by atoms with van der Waals surface area (Å²) in [5.41, 5.74) is 2.23. The van der Waals surface area contributed by atoms with E-state index in [-0.39, 0.29) is 24.3 Å². The van der Waals surface area contributed by atoms with Crippen LogP contribution in [0.4, 0.5) is 5.13 Å². The van der Waals surface area contributed by atoms with Crippen molar-refractivity contribution >= 4 is 28.3 Å². The molecule has 0 radical (unpaired) electrons. The van der Waals surface area contributed by atoms with E-state index in [0.717, 1.165) is 30.6 Å². The van der Waals surface area contributed by atoms with Crippen molar-refractivity contribution in [3.8, 4) is 5.75 Å². The van der Waals surface area contributed by atoms with Crippen LogP contribution in [0.1, 0.15) is 24.0 Å². The maximum atomic E-state index is 12.8. The van der Waals surface area contributed by atoms with Gasteiger partial charge in [-0.1, -0.05) is 48.5 Å². The fourth-order valence-electron chi connectivity index (χ4n) is 3.75. The first-order valence-electron chi connectivity index (χ1n) is 10.4. The van der Waals surface area contributed by atoms with Gasteiger partial charge in [-0.05, 0) is 30.0 Å². The number of ether oxygens (including phenoxy) is 1. The van der Waals surface area contributed by atoms with Crippen molar-refractivity contribution in [3.63, 3.8) is 0 Å². The van der Waals surface area contributed by atoms with Gasteiger partial charge in [0.2, 0.25) is 5.91 Å². The Morgan fingerprint density at radius 1 is 1.13 bits per heavy atom. The number of thiazole rings is 1. The molecule has 1 aliphatic heterocycles. The average molecular weight is 436 g/mol. The minimum absolute atomic E-state index is 0.0351. The zero-order valence-corrected chi connectivity index (χ0v) is 18.0. The molecule has 1 aromatic heterocycles. The molecule has 1 saturated heterocycles. The molecule has 160 valence electrons. The number of aromatic nitrogens is 1. The zero-order chi connectivity index (χ0) is 21.5. The largest absolute Gasteiger partial charge is 0.483 e. The summed E-state index contributed by atoms with van der Waals surface area (Å²) in [6.45, 7) is 1.02. The van der Waals surface area contributed by atoms with Crippen LogP contribution in [0, 0.1) is 5.92 Å². The van der Waals surface area contributed by atoms with Gasteiger partial charge in [-0.15, -0.1) is 11.3 Å². The summed E-state index contributed by atoms with van der Waals surface area (Å²) in [6.07, 6.45) is 3.96. The van der Waals surface area contributed by atoms with Gasteiger partial charge in [0.15, 0.2) is 11.7 Å². The molecule has 7 heteroatoms. The first kappa shape index (κ1) is 21.1. The third-order valence-electron chi connectivity index (χ3n) is 5.37. The van der Waals surface area contributed by atoms with Crippen LogP contribution in [-0.2, 0) is 16.0 Å². The Balaban J connectivity index is 1.33. The third kappa shape index (κ3) is 5.70. The zero-order valence-electron chi connectivity index (χ0n) is 17.2. The number of piperidine rings is 1. The Kier molecular flexibility index (Phi) is 6.94. The fraction of sp³-hybridized carbons (Fsp3) is 0.292. The van der Waals surface area contributed by atoms with Crippen molar-refractivity contribution in [3.05, 3.63) is 77.3 Å². The summed E-state index contributed by atoms with van der Waals surface area (Å²) in [5, 5.41) is 5.25. The number of amides is 2. The van der Waals surface area contributed by atoms with E-state index in [0.29, 0.717) is 18.2 Å². The molecule has 6 nitrogen and oxygen atoms in total. The van der Waals surface area contributed by atoms with Crippen molar-refractivity contribution < 1.29 is 14.3 Å². The molecule has 3 aromatic rings. The lowest BCUT2D eigenvalue weighted by molar-refractivity contribution is -0.136. The van der Waals surface area contributed by atoms with Crippen LogP contribution >= 0.6 is 11.3 Å². The molecule has 0 spiro atoms. The average Bonchev–Trinajstić information content (AvgIpc) is 3.32. The number of nitrogens with one attached hydrogen (secondary N) is 1. The number of benzene rings is 2. The minimum Gasteiger partial charge on any atom is -0.483 e. The molecule has 0 saturated carbocycles. The maximum absolute atomic E-state index is 12.8. The predicted octanol–water partition coefficient (Wildman–Crippen LogP) is 3.99. The van der Waals surface area contributed by atoms with E-state index in [1.54, 1.807) is 11.1 Å². The van der Waals surface area contributed by atoms with E-state index < -0.39 is 0 Å². The van der Waals surface area contributed by atoms with Crippen LogP contribution in [0.3, 0.4) is 0 Å². The van der Waals surface area contributed by atoms with Gasteiger partial charge in [0, 0.05) is 31.1 Å². The Hall–Kier alpha value is -3.19.